The molecule has 0 radical (unpaired) electrons. The molecule has 0 atom stereocenters. The molecule has 0 saturated carbocycles. The molecule has 2 aromatic rings. The number of nitrogens with one attached hydrogen (secondary N) is 2. The van der Waals surface area contributed by atoms with Crippen LogP contribution in [0.1, 0.15) is 6.42 Å². The molecule has 0 bridgehead atoms. The lowest BCUT2D eigenvalue weighted by Crippen LogP contribution is -2.29. The van der Waals surface area contributed by atoms with Gasteiger partial charge in [0, 0.05) is 29.6 Å². The second-order valence-corrected chi connectivity index (χ2v) is 4.79. The maximum Gasteiger partial charge on any atom is 0.238 e. The first-order valence-corrected chi connectivity index (χ1v) is 6.85. The van der Waals surface area contributed by atoms with Crippen LogP contribution in [0.5, 0.6) is 0 Å². The first kappa shape index (κ1) is 14.6. The van der Waals surface area contributed by atoms with Crippen LogP contribution in [0, 0.1) is 0 Å². The van der Waals surface area contributed by atoms with Gasteiger partial charge in [-0.1, -0.05) is 11.6 Å². The number of anilines is 1. The smallest absolute Gasteiger partial charge is 0.238 e. The number of rotatable bonds is 7. The van der Waals surface area contributed by atoms with Crippen LogP contribution in [0.2, 0.25) is 5.02 Å². The van der Waals surface area contributed by atoms with Crippen molar-refractivity contribution in [1.29, 1.82) is 0 Å². The van der Waals surface area contributed by atoms with Gasteiger partial charge in [0.15, 0.2) is 0 Å². The Hall–Kier alpha value is -1.85. The Labute approximate surface area is 122 Å². The van der Waals surface area contributed by atoms with E-state index >= 15 is 0 Å². The van der Waals surface area contributed by atoms with Crippen molar-refractivity contribution in [3.8, 4) is 0 Å². The average molecular weight is 293 g/mol. The van der Waals surface area contributed by atoms with Crippen LogP contribution in [-0.2, 0) is 11.3 Å². The molecule has 106 valence electrons. The highest BCUT2D eigenvalue weighted by atomic mass is 35.5. The molecular formula is C14H17ClN4O. The van der Waals surface area contributed by atoms with Crippen LogP contribution in [0.4, 0.5) is 5.69 Å². The van der Waals surface area contributed by atoms with Gasteiger partial charge in [-0.05, 0) is 43.3 Å². The zero-order valence-corrected chi connectivity index (χ0v) is 11.8. The zero-order valence-electron chi connectivity index (χ0n) is 11.1. The zero-order chi connectivity index (χ0) is 14.2. The third-order valence-corrected chi connectivity index (χ3v) is 2.97. The van der Waals surface area contributed by atoms with E-state index in [1.165, 1.54) is 0 Å². The average Bonchev–Trinajstić information content (AvgIpc) is 2.94. The Balaban J connectivity index is 1.59. The number of aromatic nitrogens is 2. The van der Waals surface area contributed by atoms with E-state index in [1.54, 1.807) is 30.5 Å². The van der Waals surface area contributed by atoms with Gasteiger partial charge in [-0.3, -0.25) is 9.48 Å². The normalized spacial score (nSPS) is 10.4. The lowest BCUT2D eigenvalue weighted by Gasteiger charge is -2.07. The molecular weight excluding hydrogens is 276 g/mol. The maximum absolute atomic E-state index is 11.7. The fourth-order valence-electron chi connectivity index (χ4n) is 1.74. The van der Waals surface area contributed by atoms with Gasteiger partial charge in [0.1, 0.15) is 0 Å². The van der Waals surface area contributed by atoms with E-state index in [0.29, 0.717) is 11.6 Å². The summed E-state index contributed by atoms with van der Waals surface area (Å²) in [5.41, 5.74) is 0.748. The molecule has 2 rings (SSSR count). The van der Waals surface area contributed by atoms with Crippen LogP contribution in [0.15, 0.2) is 42.7 Å². The molecule has 6 heteroatoms. The van der Waals surface area contributed by atoms with Crippen LogP contribution in [0.25, 0.3) is 0 Å². The number of carbonyl (C=O) groups excluding carboxylic acids is 1. The highest BCUT2D eigenvalue weighted by molar-refractivity contribution is 6.30. The van der Waals surface area contributed by atoms with Crippen LogP contribution in [-0.4, -0.2) is 28.8 Å². The Kier molecular flexibility index (Phi) is 5.58. The molecule has 1 aromatic carbocycles. The van der Waals surface area contributed by atoms with Crippen molar-refractivity contribution in [2.45, 2.75) is 13.0 Å². The summed E-state index contributed by atoms with van der Waals surface area (Å²) in [4.78, 5) is 11.7. The first-order chi connectivity index (χ1) is 9.74. The van der Waals surface area contributed by atoms with E-state index in [0.717, 1.165) is 25.2 Å². The quantitative estimate of drug-likeness (QED) is 0.769. The van der Waals surface area contributed by atoms with Gasteiger partial charge in [-0.15, -0.1) is 0 Å². The van der Waals surface area contributed by atoms with Gasteiger partial charge >= 0.3 is 0 Å². The number of hydrogen-bond donors (Lipinski definition) is 2. The van der Waals surface area contributed by atoms with Crippen molar-refractivity contribution in [2.75, 3.05) is 18.4 Å². The van der Waals surface area contributed by atoms with Gasteiger partial charge in [0.2, 0.25) is 5.91 Å². The number of halogens is 1. The predicted molar refractivity (Wildman–Crippen MR) is 79.8 cm³/mol. The van der Waals surface area contributed by atoms with Crippen LogP contribution < -0.4 is 10.6 Å². The maximum atomic E-state index is 11.7. The molecule has 0 spiro atoms. The summed E-state index contributed by atoms with van der Waals surface area (Å²) in [6.45, 7) is 1.91. The Morgan fingerprint density at radius 3 is 2.80 bits per heavy atom. The molecule has 0 fully saturated rings. The van der Waals surface area contributed by atoms with E-state index in [2.05, 4.69) is 15.7 Å². The minimum atomic E-state index is -0.0635. The standard InChI is InChI=1S/C14H17ClN4O/c15-12-3-5-13(6-4-12)18-14(20)11-16-7-1-9-19-10-2-8-17-19/h2-6,8,10,16H,1,7,9,11H2,(H,18,20). The minimum Gasteiger partial charge on any atom is -0.325 e. The molecule has 0 aliphatic rings. The van der Waals surface area contributed by atoms with Crippen molar-refractivity contribution in [1.82, 2.24) is 15.1 Å². The van der Waals surface area contributed by atoms with Crippen molar-refractivity contribution in [3.05, 3.63) is 47.7 Å². The molecule has 2 N–H and O–H groups in total. The van der Waals surface area contributed by atoms with E-state index in [9.17, 15) is 4.79 Å². The molecule has 5 nitrogen and oxygen atoms in total. The number of benzene rings is 1. The first-order valence-electron chi connectivity index (χ1n) is 6.47. The largest absolute Gasteiger partial charge is 0.325 e. The summed E-state index contributed by atoms with van der Waals surface area (Å²) in [6, 6.07) is 8.94. The molecule has 0 aliphatic heterocycles. The van der Waals surface area contributed by atoms with E-state index < -0.39 is 0 Å². The number of aryl methyl sites for hydroxylation is 1. The van der Waals surface area contributed by atoms with Crippen molar-refractivity contribution in [2.24, 2.45) is 0 Å². The van der Waals surface area contributed by atoms with Crippen molar-refractivity contribution >= 4 is 23.2 Å². The Bertz CT molecular complexity index is 525. The van der Waals surface area contributed by atoms with E-state index in [4.69, 9.17) is 11.6 Å². The summed E-state index contributed by atoms with van der Waals surface area (Å²) in [5, 5.41) is 10.7. The lowest BCUT2D eigenvalue weighted by molar-refractivity contribution is -0.115. The molecule has 1 aromatic heterocycles. The van der Waals surface area contributed by atoms with Gasteiger partial charge in [-0.2, -0.15) is 5.10 Å². The number of hydrogen-bond acceptors (Lipinski definition) is 3. The third-order valence-electron chi connectivity index (χ3n) is 2.71. The molecule has 20 heavy (non-hydrogen) atoms. The fraction of sp³-hybridized carbons (Fsp3) is 0.286. The van der Waals surface area contributed by atoms with Gasteiger partial charge < -0.3 is 10.6 Å². The Morgan fingerprint density at radius 2 is 2.10 bits per heavy atom. The SMILES string of the molecule is O=C(CNCCCn1cccn1)Nc1ccc(Cl)cc1. The number of amides is 1. The van der Waals surface area contributed by atoms with Crippen LogP contribution >= 0.6 is 11.6 Å². The molecule has 0 aliphatic carbocycles. The molecule has 1 heterocycles. The van der Waals surface area contributed by atoms with Gasteiger partial charge in [0.25, 0.3) is 0 Å². The van der Waals surface area contributed by atoms with Gasteiger partial charge in [0.05, 0.1) is 6.54 Å². The fourth-order valence-corrected chi connectivity index (χ4v) is 1.87. The van der Waals surface area contributed by atoms with E-state index in [-0.39, 0.29) is 5.91 Å². The topological polar surface area (TPSA) is 59.0 Å². The Morgan fingerprint density at radius 1 is 1.30 bits per heavy atom. The molecule has 1 amide bonds. The highest BCUT2D eigenvalue weighted by Gasteiger charge is 2.01. The lowest BCUT2D eigenvalue weighted by atomic mass is 10.3. The van der Waals surface area contributed by atoms with Crippen molar-refractivity contribution in [3.63, 3.8) is 0 Å². The summed E-state index contributed by atoms with van der Waals surface area (Å²) in [6.07, 6.45) is 4.61. The minimum absolute atomic E-state index is 0.0635. The monoisotopic (exact) mass is 292 g/mol. The third kappa shape index (κ3) is 5.03. The molecule has 0 saturated heterocycles. The number of carbonyl (C=O) groups is 1. The van der Waals surface area contributed by atoms with E-state index in [1.807, 2.05) is 16.9 Å². The second-order valence-electron chi connectivity index (χ2n) is 4.35. The summed E-state index contributed by atoms with van der Waals surface area (Å²) < 4.78 is 1.87. The predicted octanol–water partition coefficient (Wildman–Crippen LogP) is 2.15. The summed E-state index contributed by atoms with van der Waals surface area (Å²) in [7, 11) is 0. The number of nitrogens with zero attached hydrogens (tertiary/aromatic N) is 2. The summed E-state index contributed by atoms with van der Waals surface area (Å²) in [5.74, 6) is -0.0635. The van der Waals surface area contributed by atoms with Crippen molar-refractivity contribution < 1.29 is 4.79 Å². The highest BCUT2D eigenvalue weighted by Crippen LogP contribution is 2.12. The molecule has 0 unspecified atom stereocenters. The summed E-state index contributed by atoms with van der Waals surface area (Å²) >= 11 is 5.78. The van der Waals surface area contributed by atoms with Crippen LogP contribution in [0.3, 0.4) is 0 Å². The second kappa shape index (κ2) is 7.67. The van der Waals surface area contributed by atoms with Gasteiger partial charge in [-0.25, -0.2) is 0 Å².